The molecule has 7 heteroatoms. The van der Waals surface area contributed by atoms with Crippen molar-refractivity contribution in [1.29, 1.82) is 0 Å². The Bertz CT molecular complexity index is 980. The van der Waals surface area contributed by atoms with Gasteiger partial charge in [0, 0.05) is 17.8 Å². The van der Waals surface area contributed by atoms with Gasteiger partial charge in [-0.1, -0.05) is 44.2 Å². The first kappa shape index (κ1) is 22.5. The van der Waals surface area contributed by atoms with Gasteiger partial charge in [0.05, 0.1) is 17.9 Å². The van der Waals surface area contributed by atoms with Crippen LogP contribution in [0.1, 0.15) is 40.2 Å². The lowest BCUT2D eigenvalue weighted by molar-refractivity contribution is -0.142. The van der Waals surface area contributed by atoms with Gasteiger partial charge in [-0.3, -0.25) is 14.4 Å². The number of ether oxygens (including phenoxy) is 1. The highest BCUT2D eigenvalue weighted by atomic mass is 16.5. The Morgan fingerprint density at radius 2 is 1.88 bits per heavy atom. The quantitative estimate of drug-likeness (QED) is 0.691. The lowest BCUT2D eigenvalue weighted by atomic mass is 9.74. The van der Waals surface area contributed by atoms with Crippen molar-refractivity contribution in [2.24, 2.45) is 17.8 Å². The zero-order chi connectivity index (χ0) is 23.4. The van der Waals surface area contributed by atoms with Crippen LogP contribution in [0.15, 0.2) is 36.4 Å². The molecule has 32 heavy (non-hydrogen) atoms. The summed E-state index contributed by atoms with van der Waals surface area (Å²) < 4.78 is 6.32. The van der Waals surface area contributed by atoms with Gasteiger partial charge in [-0.15, -0.1) is 0 Å². The number of anilines is 1. The second-order valence-electron chi connectivity index (χ2n) is 10.6. The van der Waals surface area contributed by atoms with E-state index in [0.717, 1.165) is 5.56 Å². The Balaban J connectivity index is 1.69. The molecule has 0 aromatic heterocycles. The van der Waals surface area contributed by atoms with Gasteiger partial charge < -0.3 is 20.3 Å². The first-order valence-corrected chi connectivity index (χ1v) is 11.3. The van der Waals surface area contributed by atoms with Gasteiger partial charge in [0.25, 0.3) is 0 Å². The van der Waals surface area contributed by atoms with Gasteiger partial charge >= 0.3 is 0 Å². The number of benzene rings is 1. The summed E-state index contributed by atoms with van der Waals surface area (Å²) in [5.41, 5.74) is 0.0709. The van der Waals surface area contributed by atoms with Gasteiger partial charge in [-0.05, 0) is 45.2 Å². The molecule has 3 aliphatic heterocycles. The second kappa shape index (κ2) is 7.73. The molecule has 0 aliphatic carbocycles. The highest BCUT2D eigenvalue weighted by Gasteiger charge is 2.72. The first-order valence-electron chi connectivity index (χ1n) is 11.3. The van der Waals surface area contributed by atoms with Gasteiger partial charge in [-0.25, -0.2) is 0 Å². The Labute approximate surface area is 189 Å². The van der Waals surface area contributed by atoms with E-state index in [1.54, 1.807) is 4.90 Å². The molecular formula is C25H33N3O4. The van der Waals surface area contributed by atoms with Gasteiger partial charge in [0.1, 0.15) is 11.6 Å². The molecule has 3 aliphatic rings. The number of carbonyl (C=O) groups excluding carboxylic acids is 3. The van der Waals surface area contributed by atoms with Crippen LogP contribution in [0.25, 0.3) is 0 Å². The third kappa shape index (κ3) is 3.62. The molecule has 5 atom stereocenters. The van der Waals surface area contributed by atoms with Crippen LogP contribution in [-0.4, -0.2) is 52.5 Å². The van der Waals surface area contributed by atoms with Crippen LogP contribution in [0.2, 0.25) is 0 Å². The molecule has 2 bridgehead atoms. The van der Waals surface area contributed by atoms with Crippen LogP contribution in [-0.2, 0) is 19.1 Å². The minimum atomic E-state index is -1.13. The summed E-state index contributed by atoms with van der Waals surface area (Å²) in [6.07, 6.45) is 3.15. The number of hydrogen-bond acceptors (Lipinski definition) is 4. The van der Waals surface area contributed by atoms with E-state index in [2.05, 4.69) is 10.6 Å². The maximum absolute atomic E-state index is 13.7. The molecule has 2 N–H and O–H groups in total. The fourth-order valence-corrected chi connectivity index (χ4v) is 5.22. The number of nitrogens with zero attached hydrogens (tertiary/aromatic N) is 1. The number of carbonyl (C=O) groups is 3. The molecule has 0 unspecified atom stereocenters. The Morgan fingerprint density at radius 3 is 2.50 bits per heavy atom. The summed E-state index contributed by atoms with van der Waals surface area (Å²) in [5.74, 6) is -1.94. The highest BCUT2D eigenvalue weighted by molar-refractivity contribution is 6.03. The molecule has 172 valence electrons. The van der Waals surface area contributed by atoms with Gasteiger partial charge in [0.2, 0.25) is 17.7 Å². The molecule has 3 heterocycles. The molecule has 7 nitrogen and oxygen atoms in total. The minimum absolute atomic E-state index is 0.166. The van der Waals surface area contributed by atoms with Crippen LogP contribution < -0.4 is 10.6 Å². The van der Waals surface area contributed by atoms with Crippen LogP contribution in [0.5, 0.6) is 0 Å². The normalized spacial score (nSPS) is 30.7. The van der Waals surface area contributed by atoms with Crippen molar-refractivity contribution in [2.75, 3.05) is 11.9 Å². The summed E-state index contributed by atoms with van der Waals surface area (Å²) in [7, 11) is 0. The largest absolute Gasteiger partial charge is 0.359 e. The van der Waals surface area contributed by atoms with Crippen molar-refractivity contribution in [2.45, 2.75) is 64.8 Å². The SMILES string of the molecule is Cc1ccccc1NC(=O)[C@H]1[C@H]2C(=O)N(CC(C)C)[C@H](C(=O)NC(C)(C)C)[C@]23C=C[C@H]1O3. The van der Waals surface area contributed by atoms with E-state index in [0.29, 0.717) is 12.2 Å². The first-order chi connectivity index (χ1) is 14.9. The van der Waals surface area contributed by atoms with Crippen molar-refractivity contribution in [1.82, 2.24) is 10.2 Å². The lowest BCUT2D eigenvalue weighted by Gasteiger charge is -2.35. The lowest BCUT2D eigenvalue weighted by Crippen LogP contribution is -2.58. The van der Waals surface area contributed by atoms with E-state index in [1.807, 2.05) is 78.0 Å². The van der Waals surface area contributed by atoms with E-state index in [9.17, 15) is 14.4 Å². The molecule has 4 rings (SSSR count). The number of para-hydroxylation sites is 1. The fourth-order valence-electron chi connectivity index (χ4n) is 5.22. The third-order valence-corrected chi connectivity index (χ3v) is 6.39. The summed E-state index contributed by atoms with van der Waals surface area (Å²) in [5, 5.41) is 6.00. The number of aryl methyl sites for hydroxylation is 1. The van der Waals surface area contributed by atoms with Crippen molar-refractivity contribution in [3.63, 3.8) is 0 Å². The van der Waals surface area contributed by atoms with Gasteiger partial charge in [-0.2, -0.15) is 0 Å². The van der Waals surface area contributed by atoms with E-state index in [1.165, 1.54) is 0 Å². The predicted octanol–water partition coefficient (Wildman–Crippen LogP) is 2.65. The summed E-state index contributed by atoms with van der Waals surface area (Å²) >= 11 is 0. The standard InChI is InChI=1S/C25H33N3O4/c1-14(2)13-28-20(22(30)27-24(4,5)6)25-12-11-17(32-25)18(19(25)23(28)31)21(29)26-16-10-8-7-9-15(16)3/h7-12,14,17-20H,13H2,1-6H3,(H,26,29)(H,27,30)/t17-,18-,19+,20-,25+/m1/s1. The maximum atomic E-state index is 13.7. The third-order valence-electron chi connectivity index (χ3n) is 6.39. The molecule has 0 radical (unpaired) electrons. The Hall–Kier alpha value is -2.67. The Morgan fingerprint density at radius 1 is 1.19 bits per heavy atom. The van der Waals surface area contributed by atoms with Crippen LogP contribution in [0.4, 0.5) is 5.69 Å². The molecule has 3 amide bonds. The van der Waals surface area contributed by atoms with Crippen molar-refractivity contribution >= 4 is 23.4 Å². The van der Waals surface area contributed by atoms with Crippen molar-refractivity contribution in [3.05, 3.63) is 42.0 Å². The zero-order valence-corrected chi connectivity index (χ0v) is 19.6. The maximum Gasteiger partial charge on any atom is 0.246 e. The molecule has 2 fully saturated rings. The van der Waals surface area contributed by atoms with E-state index in [-0.39, 0.29) is 23.6 Å². The predicted molar refractivity (Wildman–Crippen MR) is 122 cm³/mol. The molecule has 1 spiro atoms. The minimum Gasteiger partial charge on any atom is -0.359 e. The highest BCUT2D eigenvalue weighted by Crippen LogP contribution is 2.55. The molecular weight excluding hydrogens is 406 g/mol. The topological polar surface area (TPSA) is 87.7 Å². The molecule has 2 saturated heterocycles. The van der Waals surface area contributed by atoms with Crippen LogP contribution >= 0.6 is 0 Å². The van der Waals surface area contributed by atoms with E-state index >= 15 is 0 Å². The average Bonchev–Trinajstić information content (AvgIpc) is 3.30. The van der Waals surface area contributed by atoms with E-state index < -0.39 is 35.1 Å². The fraction of sp³-hybridized carbons (Fsp3) is 0.560. The summed E-state index contributed by atoms with van der Waals surface area (Å²) in [4.78, 5) is 42.1. The smallest absolute Gasteiger partial charge is 0.246 e. The van der Waals surface area contributed by atoms with Crippen LogP contribution in [0.3, 0.4) is 0 Å². The van der Waals surface area contributed by atoms with Crippen LogP contribution in [0, 0.1) is 24.7 Å². The summed E-state index contributed by atoms with van der Waals surface area (Å²) in [6.45, 7) is 12.1. The number of hydrogen-bond donors (Lipinski definition) is 2. The number of likely N-dealkylation sites (tertiary alicyclic amines) is 1. The van der Waals surface area contributed by atoms with Crippen molar-refractivity contribution < 1.29 is 19.1 Å². The number of nitrogens with one attached hydrogen (secondary N) is 2. The number of rotatable bonds is 5. The van der Waals surface area contributed by atoms with Gasteiger partial charge in [0.15, 0.2) is 0 Å². The van der Waals surface area contributed by atoms with Crippen molar-refractivity contribution in [3.8, 4) is 0 Å². The number of amides is 3. The monoisotopic (exact) mass is 439 g/mol. The zero-order valence-electron chi connectivity index (χ0n) is 19.6. The molecule has 0 saturated carbocycles. The molecule has 1 aromatic rings. The number of fused-ring (bicyclic) bond motifs is 1. The second-order valence-corrected chi connectivity index (χ2v) is 10.6. The van der Waals surface area contributed by atoms with E-state index in [4.69, 9.17) is 4.74 Å². The Kier molecular flexibility index (Phi) is 5.44. The summed E-state index contributed by atoms with van der Waals surface area (Å²) in [6, 6.07) is 6.73. The average molecular weight is 440 g/mol. The molecule has 1 aromatic carbocycles.